The predicted octanol–water partition coefficient (Wildman–Crippen LogP) is 2.34. The fourth-order valence-electron chi connectivity index (χ4n) is 1.16. The Labute approximate surface area is 93.1 Å². The molecule has 0 aliphatic carbocycles. The molecule has 0 spiro atoms. The third kappa shape index (κ3) is 2.12. The van der Waals surface area contributed by atoms with Gasteiger partial charge in [-0.05, 0) is 28.1 Å². The first-order valence-electron chi connectivity index (χ1n) is 4.17. The number of aromatic nitrogens is 2. The van der Waals surface area contributed by atoms with Crippen molar-refractivity contribution < 1.29 is 4.39 Å². The lowest BCUT2D eigenvalue weighted by atomic mass is 10.1. The van der Waals surface area contributed by atoms with Crippen molar-refractivity contribution in [2.24, 2.45) is 0 Å². The van der Waals surface area contributed by atoms with Crippen LogP contribution in [-0.4, -0.2) is 9.97 Å². The molecule has 5 heteroatoms. The lowest BCUT2D eigenvalue weighted by Gasteiger charge is -2.00. The maximum absolute atomic E-state index is 13.2. The van der Waals surface area contributed by atoms with E-state index < -0.39 is 0 Å². The van der Waals surface area contributed by atoms with E-state index in [-0.39, 0.29) is 11.4 Å². The van der Waals surface area contributed by atoms with Gasteiger partial charge in [-0.1, -0.05) is 6.07 Å². The van der Waals surface area contributed by atoms with Gasteiger partial charge in [0.25, 0.3) is 5.56 Å². The summed E-state index contributed by atoms with van der Waals surface area (Å²) in [5.74, 6) is -0.361. The van der Waals surface area contributed by atoms with Crippen LogP contribution in [-0.2, 0) is 0 Å². The highest BCUT2D eigenvalue weighted by Crippen LogP contribution is 2.21. The molecular formula is C10H6BrFN2O. The van der Waals surface area contributed by atoms with Crippen molar-refractivity contribution in [3.05, 3.63) is 51.2 Å². The van der Waals surface area contributed by atoms with Crippen molar-refractivity contribution in [1.82, 2.24) is 9.97 Å². The molecule has 0 radical (unpaired) electrons. The molecule has 0 saturated carbocycles. The van der Waals surface area contributed by atoms with Crippen LogP contribution < -0.4 is 5.56 Å². The topological polar surface area (TPSA) is 45.8 Å². The monoisotopic (exact) mass is 268 g/mol. The molecule has 0 saturated heterocycles. The summed E-state index contributed by atoms with van der Waals surface area (Å²) in [6, 6.07) is 4.66. The smallest absolute Gasteiger partial charge is 0.266 e. The molecule has 1 aromatic carbocycles. The zero-order valence-corrected chi connectivity index (χ0v) is 9.08. The minimum atomic E-state index is -0.361. The van der Waals surface area contributed by atoms with Gasteiger partial charge < -0.3 is 4.98 Å². The molecule has 1 heterocycles. The van der Waals surface area contributed by atoms with Gasteiger partial charge in [-0.15, -0.1) is 0 Å². The van der Waals surface area contributed by atoms with Gasteiger partial charge in [-0.3, -0.25) is 4.79 Å². The Morgan fingerprint density at radius 2 is 2.20 bits per heavy atom. The summed E-state index contributed by atoms with van der Waals surface area (Å²) >= 11 is 3.06. The molecule has 15 heavy (non-hydrogen) atoms. The average Bonchev–Trinajstić information content (AvgIpc) is 2.23. The van der Waals surface area contributed by atoms with E-state index in [0.29, 0.717) is 15.7 Å². The lowest BCUT2D eigenvalue weighted by Crippen LogP contribution is -2.04. The zero-order valence-electron chi connectivity index (χ0n) is 7.50. The fourth-order valence-corrected chi connectivity index (χ4v) is 1.40. The number of H-pyrrole nitrogens is 1. The van der Waals surface area contributed by atoms with Gasteiger partial charge in [0.2, 0.25) is 0 Å². The second kappa shape index (κ2) is 3.94. The highest BCUT2D eigenvalue weighted by Gasteiger charge is 2.03. The van der Waals surface area contributed by atoms with Crippen LogP contribution in [0, 0.1) is 5.82 Å². The van der Waals surface area contributed by atoms with Crippen LogP contribution in [0.15, 0.2) is 39.9 Å². The van der Waals surface area contributed by atoms with E-state index in [1.807, 2.05) is 0 Å². The van der Waals surface area contributed by atoms with Crippen LogP contribution in [0.3, 0.4) is 0 Å². The summed E-state index contributed by atoms with van der Waals surface area (Å²) in [6.07, 6.45) is 2.61. The molecule has 2 aromatic rings. The molecule has 1 N–H and O–H groups in total. The largest absolute Gasteiger partial charge is 0.326 e. The van der Waals surface area contributed by atoms with E-state index in [9.17, 15) is 9.18 Å². The summed E-state index contributed by atoms with van der Waals surface area (Å²) in [5, 5.41) is 0. The Balaban J connectivity index is 2.50. The molecule has 1 aromatic heterocycles. The summed E-state index contributed by atoms with van der Waals surface area (Å²) in [7, 11) is 0. The van der Waals surface area contributed by atoms with E-state index >= 15 is 0 Å². The van der Waals surface area contributed by atoms with Crippen molar-refractivity contribution in [3.8, 4) is 11.3 Å². The lowest BCUT2D eigenvalue weighted by molar-refractivity contribution is 0.621. The third-order valence-corrected chi connectivity index (χ3v) is 2.53. The molecule has 3 nitrogen and oxygen atoms in total. The second-order valence-electron chi connectivity index (χ2n) is 2.93. The molecule has 0 aliphatic rings. The quantitative estimate of drug-likeness (QED) is 0.863. The fraction of sp³-hybridized carbons (Fsp3) is 0. The molecule has 2 rings (SSSR count). The highest BCUT2D eigenvalue weighted by molar-refractivity contribution is 9.10. The van der Waals surface area contributed by atoms with E-state index in [4.69, 9.17) is 0 Å². The predicted molar refractivity (Wildman–Crippen MR) is 58.0 cm³/mol. The van der Waals surface area contributed by atoms with Crippen molar-refractivity contribution in [2.75, 3.05) is 0 Å². The standard InChI is InChI=1S/C10H6BrFN2O/c11-7-2-1-6(3-8(7)12)9-4-14-10(15)5-13-9/h1-5H,(H,14,15). The van der Waals surface area contributed by atoms with Crippen LogP contribution in [0.2, 0.25) is 0 Å². The van der Waals surface area contributed by atoms with Gasteiger partial charge in [0.05, 0.1) is 16.4 Å². The zero-order chi connectivity index (χ0) is 10.8. The molecule has 0 bridgehead atoms. The first-order chi connectivity index (χ1) is 7.16. The number of hydrogen-bond donors (Lipinski definition) is 1. The second-order valence-corrected chi connectivity index (χ2v) is 3.78. The van der Waals surface area contributed by atoms with E-state index in [1.165, 1.54) is 12.3 Å². The SMILES string of the molecule is O=c1cnc(-c2ccc(Br)c(F)c2)c[nH]1. The molecule has 0 unspecified atom stereocenters. The maximum atomic E-state index is 13.2. The van der Waals surface area contributed by atoms with Gasteiger partial charge >= 0.3 is 0 Å². The minimum Gasteiger partial charge on any atom is -0.326 e. The first kappa shape index (κ1) is 10.0. The van der Waals surface area contributed by atoms with E-state index in [2.05, 4.69) is 25.9 Å². The van der Waals surface area contributed by atoms with Crippen LogP contribution in [0.4, 0.5) is 4.39 Å². The van der Waals surface area contributed by atoms with Crippen LogP contribution in [0.1, 0.15) is 0 Å². The Hall–Kier alpha value is -1.49. The Morgan fingerprint density at radius 3 is 2.80 bits per heavy atom. The Morgan fingerprint density at radius 1 is 1.40 bits per heavy atom. The van der Waals surface area contributed by atoms with E-state index in [0.717, 1.165) is 6.20 Å². The van der Waals surface area contributed by atoms with E-state index in [1.54, 1.807) is 12.1 Å². The van der Waals surface area contributed by atoms with Crippen molar-refractivity contribution in [2.45, 2.75) is 0 Å². The van der Waals surface area contributed by atoms with Gasteiger partial charge in [-0.2, -0.15) is 0 Å². The average molecular weight is 269 g/mol. The summed E-state index contributed by atoms with van der Waals surface area (Å²) in [4.78, 5) is 17.1. The van der Waals surface area contributed by atoms with Crippen molar-refractivity contribution in [1.29, 1.82) is 0 Å². The van der Waals surface area contributed by atoms with Crippen molar-refractivity contribution in [3.63, 3.8) is 0 Å². The normalized spacial score (nSPS) is 10.3. The molecule has 0 fully saturated rings. The van der Waals surface area contributed by atoms with Gasteiger partial charge in [-0.25, -0.2) is 9.37 Å². The number of hydrogen-bond acceptors (Lipinski definition) is 2. The number of rotatable bonds is 1. The molecule has 0 amide bonds. The summed E-state index contributed by atoms with van der Waals surface area (Å²) < 4.78 is 13.6. The number of nitrogens with zero attached hydrogens (tertiary/aromatic N) is 1. The Kier molecular flexibility index (Phi) is 2.64. The maximum Gasteiger partial charge on any atom is 0.266 e. The van der Waals surface area contributed by atoms with Crippen LogP contribution >= 0.6 is 15.9 Å². The molecular weight excluding hydrogens is 263 g/mol. The summed E-state index contributed by atoms with van der Waals surface area (Å²) in [5.41, 5.74) is 0.865. The number of aromatic amines is 1. The summed E-state index contributed by atoms with van der Waals surface area (Å²) in [6.45, 7) is 0. The minimum absolute atomic E-state index is 0.281. The van der Waals surface area contributed by atoms with Gasteiger partial charge in [0.1, 0.15) is 5.82 Å². The van der Waals surface area contributed by atoms with Gasteiger partial charge in [0, 0.05) is 11.8 Å². The number of nitrogens with one attached hydrogen (secondary N) is 1. The molecule has 0 atom stereocenters. The number of benzene rings is 1. The number of halogens is 2. The van der Waals surface area contributed by atoms with Gasteiger partial charge in [0.15, 0.2) is 0 Å². The van der Waals surface area contributed by atoms with Crippen molar-refractivity contribution >= 4 is 15.9 Å². The highest BCUT2D eigenvalue weighted by atomic mass is 79.9. The Bertz CT molecular complexity index is 533. The third-order valence-electron chi connectivity index (χ3n) is 1.89. The van der Waals surface area contributed by atoms with Crippen LogP contribution in [0.25, 0.3) is 11.3 Å². The molecule has 0 aliphatic heterocycles. The molecule has 76 valence electrons. The van der Waals surface area contributed by atoms with Crippen LogP contribution in [0.5, 0.6) is 0 Å². The first-order valence-corrected chi connectivity index (χ1v) is 4.96.